The first-order valence-electron chi connectivity index (χ1n) is 6.66. The number of nitrogens with one attached hydrogen (secondary N) is 1. The minimum absolute atomic E-state index is 0.0646. The fourth-order valence-corrected chi connectivity index (χ4v) is 1.97. The van der Waals surface area contributed by atoms with E-state index in [2.05, 4.69) is 10.1 Å². The van der Waals surface area contributed by atoms with Crippen molar-refractivity contribution in [3.05, 3.63) is 58.6 Å². The van der Waals surface area contributed by atoms with E-state index in [1.807, 2.05) is 0 Å². The third-order valence-electron chi connectivity index (χ3n) is 2.91. The van der Waals surface area contributed by atoms with Crippen LogP contribution in [0.1, 0.15) is 10.4 Å². The highest BCUT2D eigenvalue weighted by Gasteiger charge is 2.15. The van der Waals surface area contributed by atoms with Gasteiger partial charge in [-0.1, -0.05) is 11.6 Å². The Labute approximate surface area is 141 Å². The highest BCUT2D eigenvalue weighted by atomic mass is 35.5. The zero-order valence-electron chi connectivity index (χ0n) is 12.4. The maximum absolute atomic E-state index is 13.1. The lowest BCUT2D eigenvalue weighted by Gasteiger charge is -2.11. The van der Waals surface area contributed by atoms with Crippen LogP contribution in [0.5, 0.6) is 5.75 Å². The molecule has 2 aromatic rings. The van der Waals surface area contributed by atoms with Gasteiger partial charge < -0.3 is 14.8 Å². The first-order valence-corrected chi connectivity index (χ1v) is 7.04. The SMILES string of the molecule is COC(=O)c1ccc(Cl)cc1OCC(=O)Nc1ccc(F)c(F)c1. The van der Waals surface area contributed by atoms with Crippen LogP contribution >= 0.6 is 11.6 Å². The Morgan fingerprint density at radius 3 is 2.54 bits per heavy atom. The normalized spacial score (nSPS) is 10.2. The number of benzene rings is 2. The maximum Gasteiger partial charge on any atom is 0.341 e. The third kappa shape index (κ3) is 4.42. The molecule has 0 radical (unpaired) electrons. The van der Waals surface area contributed by atoms with Gasteiger partial charge in [0.05, 0.1) is 7.11 Å². The van der Waals surface area contributed by atoms with Gasteiger partial charge in [0.15, 0.2) is 18.2 Å². The summed E-state index contributed by atoms with van der Waals surface area (Å²) in [7, 11) is 1.20. The fraction of sp³-hybridized carbons (Fsp3) is 0.125. The molecule has 0 saturated heterocycles. The van der Waals surface area contributed by atoms with E-state index in [0.29, 0.717) is 5.02 Å². The second kappa shape index (κ2) is 7.74. The number of rotatable bonds is 5. The van der Waals surface area contributed by atoms with Crippen LogP contribution in [0.25, 0.3) is 0 Å². The molecule has 0 saturated carbocycles. The van der Waals surface area contributed by atoms with Crippen LogP contribution in [0, 0.1) is 11.6 Å². The molecule has 0 aliphatic carbocycles. The molecule has 1 N–H and O–H groups in total. The minimum Gasteiger partial charge on any atom is -0.483 e. The number of esters is 1. The quantitative estimate of drug-likeness (QED) is 0.835. The van der Waals surface area contributed by atoms with Gasteiger partial charge in [0.2, 0.25) is 0 Å². The van der Waals surface area contributed by atoms with Crippen molar-refractivity contribution in [2.75, 3.05) is 19.0 Å². The first kappa shape index (κ1) is 17.7. The summed E-state index contributed by atoms with van der Waals surface area (Å²) in [5, 5.41) is 2.64. The summed E-state index contributed by atoms with van der Waals surface area (Å²) in [4.78, 5) is 23.4. The number of amides is 1. The van der Waals surface area contributed by atoms with Gasteiger partial charge in [0, 0.05) is 16.8 Å². The number of hydrogen-bond acceptors (Lipinski definition) is 4. The molecule has 0 atom stereocenters. The highest BCUT2D eigenvalue weighted by Crippen LogP contribution is 2.24. The standard InChI is InChI=1S/C16H12ClF2NO4/c1-23-16(22)11-4-2-9(17)6-14(11)24-8-15(21)20-10-3-5-12(18)13(19)7-10/h2-7H,8H2,1H3,(H,20,21). The van der Waals surface area contributed by atoms with E-state index >= 15 is 0 Å². The molecular weight excluding hydrogens is 344 g/mol. The molecule has 0 aliphatic rings. The zero-order valence-corrected chi connectivity index (χ0v) is 13.2. The number of methoxy groups -OCH3 is 1. The minimum atomic E-state index is -1.09. The van der Waals surface area contributed by atoms with Crippen molar-refractivity contribution in [3.63, 3.8) is 0 Å². The Morgan fingerprint density at radius 1 is 1.12 bits per heavy atom. The Morgan fingerprint density at radius 2 is 1.88 bits per heavy atom. The van der Waals surface area contributed by atoms with Crippen molar-refractivity contribution in [2.45, 2.75) is 0 Å². The molecule has 8 heteroatoms. The second-order valence-electron chi connectivity index (χ2n) is 4.60. The van der Waals surface area contributed by atoms with Gasteiger partial charge in [0.1, 0.15) is 11.3 Å². The van der Waals surface area contributed by atoms with Crippen molar-refractivity contribution in [3.8, 4) is 5.75 Å². The smallest absolute Gasteiger partial charge is 0.341 e. The van der Waals surface area contributed by atoms with Crippen molar-refractivity contribution in [2.24, 2.45) is 0 Å². The lowest BCUT2D eigenvalue weighted by molar-refractivity contribution is -0.118. The molecule has 0 aromatic heterocycles. The van der Waals surface area contributed by atoms with E-state index in [9.17, 15) is 18.4 Å². The lowest BCUT2D eigenvalue weighted by atomic mass is 10.2. The van der Waals surface area contributed by atoms with E-state index in [0.717, 1.165) is 12.1 Å². The molecule has 126 valence electrons. The van der Waals surface area contributed by atoms with Gasteiger partial charge in [-0.05, 0) is 30.3 Å². The Kier molecular flexibility index (Phi) is 5.70. The van der Waals surface area contributed by atoms with Crippen LogP contribution in [0.2, 0.25) is 5.02 Å². The van der Waals surface area contributed by atoms with Crippen LogP contribution < -0.4 is 10.1 Å². The molecule has 2 aromatic carbocycles. The van der Waals surface area contributed by atoms with E-state index in [1.54, 1.807) is 0 Å². The Bertz CT molecular complexity index is 783. The van der Waals surface area contributed by atoms with Crippen LogP contribution in [0.3, 0.4) is 0 Å². The molecule has 0 fully saturated rings. The molecular formula is C16H12ClF2NO4. The predicted molar refractivity (Wildman–Crippen MR) is 83.3 cm³/mol. The molecule has 0 aliphatic heterocycles. The molecule has 0 heterocycles. The predicted octanol–water partition coefficient (Wildman–Crippen LogP) is 3.42. The van der Waals surface area contributed by atoms with Crippen LogP contribution in [0.15, 0.2) is 36.4 Å². The van der Waals surface area contributed by atoms with Gasteiger partial charge in [-0.15, -0.1) is 0 Å². The van der Waals surface area contributed by atoms with Gasteiger partial charge in [-0.2, -0.15) is 0 Å². The summed E-state index contributed by atoms with van der Waals surface area (Å²) in [6.07, 6.45) is 0. The third-order valence-corrected chi connectivity index (χ3v) is 3.15. The molecule has 2 rings (SSSR count). The largest absolute Gasteiger partial charge is 0.483 e. The van der Waals surface area contributed by atoms with Crippen LogP contribution in [-0.2, 0) is 9.53 Å². The van der Waals surface area contributed by atoms with Crippen LogP contribution in [0.4, 0.5) is 14.5 Å². The summed E-state index contributed by atoms with van der Waals surface area (Å²) >= 11 is 5.83. The summed E-state index contributed by atoms with van der Waals surface area (Å²) in [5.74, 6) is -3.32. The fourth-order valence-electron chi connectivity index (χ4n) is 1.81. The molecule has 0 bridgehead atoms. The van der Waals surface area contributed by atoms with Gasteiger partial charge in [0.25, 0.3) is 5.91 Å². The van der Waals surface area contributed by atoms with E-state index < -0.39 is 30.1 Å². The number of halogens is 3. The average molecular weight is 356 g/mol. The average Bonchev–Trinajstić information content (AvgIpc) is 2.56. The number of hydrogen-bond donors (Lipinski definition) is 1. The topological polar surface area (TPSA) is 64.6 Å². The van der Waals surface area contributed by atoms with E-state index in [4.69, 9.17) is 16.3 Å². The van der Waals surface area contributed by atoms with Crippen LogP contribution in [-0.4, -0.2) is 25.6 Å². The molecule has 5 nitrogen and oxygen atoms in total. The van der Waals surface area contributed by atoms with E-state index in [1.165, 1.54) is 31.4 Å². The molecule has 24 heavy (non-hydrogen) atoms. The van der Waals surface area contributed by atoms with E-state index in [-0.39, 0.29) is 17.0 Å². The molecule has 0 unspecified atom stereocenters. The molecule has 1 amide bonds. The maximum atomic E-state index is 13.1. The van der Waals surface area contributed by atoms with Crippen molar-refractivity contribution in [1.29, 1.82) is 0 Å². The lowest BCUT2D eigenvalue weighted by Crippen LogP contribution is -2.21. The summed E-state index contributed by atoms with van der Waals surface area (Å²) in [6.45, 7) is -0.469. The van der Waals surface area contributed by atoms with Gasteiger partial charge in [-0.3, -0.25) is 4.79 Å². The van der Waals surface area contributed by atoms with Crippen molar-refractivity contribution >= 4 is 29.2 Å². The first-order chi connectivity index (χ1) is 11.4. The number of ether oxygens (including phenoxy) is 2. The highest BCUT2D eigenvalue weighted by molar-refractivity contribution is 6.30. The van der Waals surface area contributed by atoms with Crippen molar-refractivity contribution < 1.29 is 27.8 Å². The summed E-state index contributed by atoms with van der Waals surface area (Å²) in [5.41, 5.74) is 0.171. The van der Waals surface area contributed by atoms with Crippen molar-refractivity contribution in [1.82, 2.24) is 0 Å². The number of anilines is 1. The molecule has 0 spiro atoms. The Hall–Kier alpha value is -2.67. The number of carbonyl (C=O) groups is 2. The number of carbonyl (C=O) groups excluding carboxylic acids is 2. The van der Waals surface area contributed by atoms with Gasteiger partial charge in [-0.25, -0.2) is 13.6 Å². The second-order valence-corrected chi connectivity index (χ2v) is 5.03. The monoisotopic (exact) mass is 355 g/mol. The summed E-state index contributed by atoms with van der Waals surface area (Å²) in [6, 6.07) is 7.16. The van der Waals surface area contributed by atoms with Gasteiger partial charge >= 0.3 is 5.97 Å². The zero-order chi connectivity index (χ0) is 17.7. The Balaban J connectivity index is 2.04. The summed E-state index contributed by atoms with van der Waals surface area (Å²) < 4.78 is 35.8.